The molecule has 0 N–H and O–H groups in total. The number of hydrogen-bond acceptors (Lipinski definition) is 1. The highest BCUT2D eigenvalue weighted by Crippen LogP contribution is 2.50. The van der Waals surface area contributed by atoms with Gasteiger partial charge in [-0.25, -0.2) is 4.85 Å². The van der Waals surface area contributed by atoms with Crippen LogP contribution in [0, 0.1) is 20.4 Å². The molecule has 140 valence electrons. The van der Waals surface area contributed by atoms with E-state index in [2.05, 4.69) is 85.5 Å². The van der Waals surface area contributed by atoms with Crippen molar-refractivity contribution in [2.24, 2.45) is 0 Å². The maximum absolute atomic E-state index is 7.66. The summed E-state index contributed by atoms with van der Waals surface area (Å²) in [5, 5.41) is 0. The molecular formula is C25H26N3+. The second kappa shape index (κ2) is 6.49. The first-order chi connectivity index (χ1) is 13.4. The Morgan fingerprint density at radius 2 is 1.71 bits per heavy atom. The summed E-state index contributed by atoms with van der Waals surface area (Å²) in [6.07, 6.45) is 2.07. The van der Waals surface area contributed by atoms with Crippen molar-refractivity contribution in [3.05, 3.63) is 89.0 Å². The molecule has 0 unspecified atom stereocenters. The first-order valence-corrected chi connectivity index (χ1v) is 9.74. The Bertz CT molecular complexity index is 1110. The van der Waals surface area contributed by atoms with Crippen LogP contribution in [0.5, 0.6) is 0 Å². The molecule has 0 spiro atoms. The van der Waals surface area contributed by atoms with Gasteiger partial charge in [0.1, 0.15) is 0 Å². The smallest absolute Gasteiger partial charge is 0.205 e. The van der Waals surface area contributed by atoms with E-state index in [1.807, 2.05) is 24.3 Å². The molecule has 3 heteroatoms. The van der Waals surface area contributed by atoms with Crippen LogP contribution >= 0.6 is 0 Å². The van der Waals surface area contributed by atoms with E-state index in [1.165, 1.54) is 16.8 Å². The number of para-hydroxylation sites is 1. The Labute approximate surface area is 167 Å². The molecule has 0 saturated heterocycles. The third-order valence-electron chi connectivity index (χ3n) is 6.34. The minimum atomic E-state index is 0.0348. The second-order valence-electron chi connectivity index (χ2n) is 8.22. The van der Waals surface area contributed by atoms with Crippen LogP contribution in [-0.2, 0) is 5.41 Å². The number of aromatic nitrogens is 1. The Hall–Kier alpha value is -3.12. The molecule has 1 aromatic heterocycles. The minimum absolute atomic E-state index is 0.0348. The van der Waals surface area contributed by atoms with Crippen molar-refractivity contribution in [2.45, 2.75) is 46.1 Å². The average Bonchev–Trinajstić information content (AvgIpc) is 2.89. The summed E-state index contributed by atoms with van der Waals surface area (Å²) in [6.45, 7) is 18.8. The van der Waals surface area contributed by atoms with Crippen molar-refractivity contribution < 1.29 is 4.57 Å². The van der Waals surface area contributed by atoms with Gasteiger partial charge in [-0.05, 0) is 31.5 Å². The van der Waals surface area contributed by atoms with E-state index in [-0.39, 0.29) is 5.41 Å². The topological polar surface area (TPSA) is 11.5 Å². The number of rotatable bonds is 2. The van der Waals surface area contributed by atoms with Crippen LogP contribution in [-0.4, -0.2) is 6.04 Å². The summed E-state index contributed by atoms with van der Waals surface area (Å²) in [5.74, 6) is 0. The predicted octanol–water partition coefficient (Wildman–Crippen LogP) is 5.95. The summed E-state index contributed by atoms with van der Waals surface area (Å²) in [5.41, 5.74) is 7.82. The number of anilines is 2. The maximum atomic E-state index is 7.66. The van der Waals surface area contributed by atoms with E-state index in [9.17, 15) is 0 Å². The van der Waals surface area contributed by atoms with Crippen LogP contribution < -0.4 is 9.47 Å². The Kier molecular flexibility index (Phi) is 4.23. The van der Waals surface area contributed by atoms with Crippen molar-refractivity contribution >= 4 is 17.1 Å². The molecule has 2 aromatic carbocycles. The van der Waals surface area contributed by atoms with E-state index in [4.69, 9.17) is 6.57 Å². The summed E-state index contributed by atoms with van der Waals surface area (Å²) < 4.78 is 2.17. The van der Waals surface area contributed by atoms with Gasteiger partial charge in [0, 0.05) is 53.5 Å². The first-order valence-electron chi connectivity index (χ1n) is 9.74. The summed E-state index contributed by atoms with van der Waals surface area (Å²) in [4.78, 5) is 6.21. The van der Waals surface area contributed by atoms with Gasteiger partial charge >= 0.3 is 0 Å². The maximum Gasteiger partial charge on any atom is 0.205 e. The van der Waals surface area contributed by atoms with Crippen molar-refractivity contribution in [2.75, 3.05) is 4.90 Å². The molecule has 2 heterocycles. The van der Waals surface area contributed by atoms with Gasteiger partial charge < -0.3 is 4.90 Å². The summed E-state index contributed by atoms with van der Waals surface area (Å²) in [7, 11) is 0. The van der Waals surface area contributed by atoms with Gasteiger partial charge in [-0.15, -0.1) is 0 Å². The molecule has 1 atom stereocenters. The largest absolute Gasteiger partial charge is 0.338 e. The van der Waals surface area contributed by atoms with Gasteiger partial charge in [0.15, 0.2) is 17.6 Å². The number of hydrogen-bond donors (Lipinski definition) is 0. The fourth-order valence-corrected chi connectivity index (χ4v) is 4.36. The molecule has 1 aliphatic heterocycles. The van der Waals surface area contributed by atoms with Crippen LogP contribution in [0.25, 0.3) is 10.5 Å². The minimum Gasteiger partial charge on any atom is -0.338 e. The number of aryl methyl sites for hydroxylation is 1. The molecule has 4 rings (SSSR count). The Morgan fingerprint density at radius 1 is 1.00 bits per heavy atom. The number of benzene rings is 2. The van der Waals surface area contributed by atoms with Gasteiger partial charge in [0.2, 0.25) is 5.69 Å². The molecule has 1 aliphatic rings. The van der Waals surface area contributed by atoms with E-state index in [0.717, 1.165) is 17.1 Å². The molecule has 0 bridgehead atoms. The van der Waals surface area contributed by atoms with E-state index in [0.29, 0.717) is 11.7 Å². The summed E-state index contributed by atoms with van der Waals surface area (Å²) in [6, 6.07) is 19.2. The van der Waals surface area contributed by atoms with Crippen molar-refractivity contribution in [3.8, 4) is 5.69 Å². The van der Waals surface area contributed by atoms with Gasteiger partial charge in [0.25, 0.3) is 0 Å². The van der Waals surface area contributed by atoms with E-state index < -0.39 is 0 Å². The number of nitrogens with zero attached hydrogens (tertiary/aromatic N) is 3. The molecule has 0 aliphatic carbocycles. The van der Waals surface area contributed by atoms with Crippen molar-refractivity contribution in [1.29, 1.82) is 0 Å². The standard InChI is InChI=1S/C25H26N3/c1-17-11-9-10-14-27(17)23-15-20(26-6)16-24(18(23)2)28-19(3)25(4,5)21-12-7-8-13-22(21)28/h7-16,19H,1-5H3/q+1/t19-/m1/s1. The Balaban J connectivity index is 1.99. The highest BCUT2D eigenvalue weighted by Gasteiger charge is 2.43. The van der Waals surface area contributed by atoms with Gasteiger partial charge in [0.05, 0.1) is 6.57 Å². The SMILES string of the molecule is [C-]#[N+]c1cc(N2c3ccccc3C(C)(C)[C@H]2C)c(C)c(-[n+]2ccccc2C)c1. The Morgan fingerprint density at radius 3 is 2.43 bits per heavy atom. The fourth-order valence-electron chi connectivity index (χ4n) is 4.36. The van der Waals surface area contributed by atoms with Gasteiger partial charge in [-0.3, -0.25) is 0 Å². The lowest BCUT2D eigenvalue weighted by Gasteiger charge is -2.32. The van der Waals surface area contributed by atoms with Crippen LogP contribution in [0.3, 0.4) is 0 Å². The van der Waals surface area contributed by atoms with E-state index in [1.54, 1.807) is 0 Å². The quantitative estimate of drug-likeness (QED) is 0.402. The van der Waals surface area contributed by atoms with Gasteiger partial charge in [-0.1, -0.05) is 38.1 Å². The van der Waals surface area contributed by atoms with Crippen molar-refractivity contribution in [3.63, 3.8) is 0 Å². The molecule has 3 aromatic rings. The lowest BCUT2D eigenvalue weighted by atomic mass is 9.81. The third kappa shape index (κ3) is 2.60. The highest BCUT2D eigenvalue weighted by molar-refractivity contribution is 5.79. The van der Waals surface area contributed by atoms with Crippen LogP contribution in [0.1, 0.15) is 37.6 Å². The zero-order chi connectivity index (χ0) is 20.1. The normalized spacial score (nSPS) is 17.3. The van der Waals surface area contributed by atoms with Crippen LogP contribution in [0.15, 0.2) is 60.8 Å². The molecule has 3 nitrogen and oxygen atoms in total. The number of fused-ring (bicyclic) bond motifs is 1. The molecule has 0 fully saturated rings. The number of pyridine rings is 1. The van der Waals surface area contributed by atoms with Crippen molar-refractivity contribution in [1.82, 2.24) is 0 Å². The highest BCUT2D eigenvalue weighted by atomic mass is 15.2. The molecular weight excluding hydrogens is 342 g/mol. The molecule has 0 amide bonds. The molecule has 0 radical (unpaired) electrons. The second-order valence-corrected chi connectivity index (χ2v) is 8.22. The zero-order valence-electron chi connectivity index (χ0n) is 17.2. The zero-order valence-corrected chi connectivity index (χ0v) is 17.2. The third-order valence-corrected chi connectivity index (χ3v) is 6.34. The van der Waals surface area contributed by atoms with E-state index >= 15 is 0 Å². The monoisotopic (exact) mass is 368 g/mol. The van der Waals surface area contributed by atoms with Crippen LogP contribution in [0.2, 0.25) is 0 Å². The summed E-state index contributed by atoms with van der Waals surface area (Å²) >= 11 is 0. The predicted molar refractivity (Wildman–Crippen MR) is 115 cm³/mol. The lowest BCUT2D eigenvalue weighted by molar-refractivity contribution is -0.603. The fraction of sp³-hybridized carbons (Fsp3) is 0.280. The lowest BCUT2D eigenvalue weighted by Crippen LogP contribution is -2.38. The van der Waals surface area contributed by atoms with Gasteiger partial charge in [-0.2, -0.15) is 4.57 Å². The molecule has 28 heavy (non-hydrogen) atoms. The average molecular weight is 369 g/mol. The first kappa shape index (κ1) is 18.3. The van der Waals surface area contributed by atoms with Crippen LogP contribution in [0.4, 0.5) is 17.1 Å². The molecule has 0 saturated carbocycles.